The fourth-order valence-electron chi connectivity index (χ4n) is 3.88. The van der Waals surface area contributed by atoms with E-state index in [-0.39, 0.29) is 23.4 Å². The van der Waals surface area contributed by atoms with Gasteiger partial charge < -0.3 is 20.9 Å². The zero-order chi connectivity index (χ0) is 29.5. The lowest BCUT2D eigenvalue weighted by Gasteiger charge is -2.27. The molecule has 214 valence electrons. The molecule has 0 aliphatic rings. The first-order valence-electron chi connectivity index (χ1n) is 12.6. The molecule has 40 heavy (non-hydrogen) atoms. The first-order chi connectivity index (χ1) is 18.8. The lowest BCUT2D eigenvalue weighted by molar-refractivity contribution is 0.0317. The van der Waals surface area contributed by atoms with Crippen LogP contribution in [-0.4, -0.2) is 57.5 Å². The summed E-state index contributed by atoms with van der Waals surface area (Å²) >= 11 is 0. The van der Waals surface area contributed by atoms with Crippen molar-refractivity contribution in [2.24, 2.45) is 5.73 Å². The lowest BCUT2D eigenvalue weighted by atomic mass is 9.94. The van der Waals surface area contributed by atoms with Crippen LogP contribution in [0.5, 0.6) is 0 Å². The Morgan fingerprint density at radius 2 is 1.70 bits per heavy atom. The monoisotopic (exact) mass is 571 g/mol. The van der Waals surface area contributed by atoms with Gasteiger partial charge in [0.05, 0.1) is 35.7 Å². The molecule has 11 heteroatoms. The molecule has 0 bridgehead atoms. The van der Waals surface area contributed by atoms with Gasteiger partial charge in [0.25, 0.3) is 5.91 Å². The minimum absolute atomic E-state index is 0.0131. The maximum atomic E-state index is 13.3. The number of aryl methyl sites for hydroxylation is 1. The molecule has 0 aromatic heterocycles. The average molecular weight is 572 g/mol. The second-order valence-corrected chi connectivity index (χ2v) is 11.8. The van der Waals surface area contributed by atoms with Gasteiger partial charge in [-0.2, -0.15) is 0 Å². The number of aliphatic hydroxyl groups is 1. The van der Waals surface area contributed by atoms with Crippen molar-refractivity contribution in [1.29, 1.82) is 0 Å². The Morgan fingerprint density at radius 1 is 1.07 bits per heavy atom. The first kappa shape index (κ1) is 30.7. The van der Waals surface area contributed by atoms with E-state index >= 15 is 0 Å². The third kappa shape index (κ3) is 8.35. The minimum atomic E-state index is -3.72. The fraction of sp³-hybridized carbons (Fsp3) is 0.310. The van der Waals surface area contributed by atoms with Crippen LogP contribution < -0.4 is 15.4 Å². The lowest BCUT2D eigenvalue weighted by Crippen LogP contribution is -2.49. The Balaban J connectivity index is 1.81. The van der Waals surface area contributed by atoms with E-state index in [4.69, 9.17) is 10.5 Å². The zero-order valence-electron chi connectivity index (χ0n) is 22.6. The van der Waals surface area contributed by atoms with E-state index in [1.165, 1.54) is 49.5 Å². The number of carbonyl (C=O) groups is 2. The maximum absolute atomic E-state index is 13.3. The average Bonchev–Trinajstić information content (AvgIpc) is 2.94. The van der Waals surface area contributed by atoms with Crippen LogP contribution in [0.4, 0.5) is 10.1 Å². The Bertz CT molecular complexity index is 1430. The number of halogens is 1. The van der Waals surface area contributed by atoms with E-state index in [1.807, 2.05) is 30.3 Å². The number of nitrogens with one attached hydrogen (secondary N) is 1. The van der Waals surface area contributed by atoms with Gasteiger partial charge in [-0.05, 0) is 61.2 Å². The van der Waals surface area contributed by atoms with Crippen molar-refractivity contribution in [2.45, 2.75) is 31.3 Å². The molecule has 0 heterocycles. The molecular weight excluding hydrogens is 537 g/mol. The molecular formula is C29H34FN3O6S. The Morgan fingerprint density at radius 3 is 2.30 bits per heavy atom. The van der Waals surface area contributed by atoms with E-state index < -0.39 is 45.9 Å². The number of nitrogens with zero attached hydrogens (tertiary/aromatic N) is 1. The zero-order valence-corrected chi connectivity index (χ0v) is 23.4. The van der Waals surface area contributed by atoms with Gasteiger partial charge in [0, 0.05) is 12.6 Å². The van der Waals surface area contributed by atoms with Crippen LogP contribution in [0.15, 0.2) is 72.8 Å². The molecule has 0 aliphatic carbocycles. The minimum Gasteiger partial charge on any atom is -0.460 e. The molecule has 0 fully saturated rings. The van der Waals surface area contributed by atoms with Gasteiger partial charge in [0.1, 0.15) is 12.4 Å². The van der Waals surface area contributed by atoms with Crippen molar-refractivity contribution < 1.29 is 32.2 Å². The number of rotatable bonds is 12. The van der Waals surface area contributed by atoms with Crippen LogP contribution in [0.25, 0.3) is 0 Å². The van der Waals surface area contributed by atoms with Gasteiger partial charge in [0.2, 0.25) is 10.0 Å². The summed E-state index contributed by atoms with van der Waals surface area (Å²) in [5.41, 5.74) is 6.77. The summed E-state index contributed by atoms with van der Waals surface area (Å²) in [5, 5.41) is 12.7. The van der Waals surface area contributed by atoms with Crippen LogP contribution in [0.1, 0.15) is 51.2 Å². The summed E-state index contributed by atoms with van der Waals surface area (Å²) in [6, 6.07) is 18.6. The number of carbonyl (C=O) groups excluding carboxylic acids is 2. The molecule has 0 saturated heterocycles. The molecule has 4 N–H and O–H groups in total. The SMILES string of the molecule is C[C@@H](NC(=O)c1cc(C(=O)OCC(N)(CO)CCc2ccccc2)cc(N(C)S(C)(=O)=O)c1)c1ccc(F)cc1. The highest BCUT2D eigenvalue weighted by atomic mass is 32.2. The number of ether oxygens (including phenoxy) is 1. The topological polar surface area (TPSA) is 139 Å². The number of hydrogen-bond donors (Lipinski definition) is 3. The van der Waals surface area contributed by atoms with Crippen molar-refractivity contribution in [1.82, 2.24) is 5.32 Å². The van der Waals surface area contributed by atoms with Crippen molar-refractivity contribution in [3.05, 3.63) is 101 Å². The third-order valence-electron chi connectivity index (χ3n) is 6.55. The molecule has 1 amide bonds. The van der Waals surface area contributed by atoms with Gasteiger partial charge in [-0.15, -0.1) is 0 Å². The number of nitrogens with two attached hydrogens (primary N) is 1. The molecule has 0 radical (unpaired) electrons. The predicted molar refractivity (Wildman–Crippen MR) is 151 cm³/mol. The van der Waals surface area contributed by atoms with Crippen LogP contribution in [0.2, 0.25) is 0 Å². The number of anilines is 1. The highest BCUT2D eigenvalue weighted by Crippen LogP contribution is 2.23. The predicted octanol–water partition coefficient (Wildman–Crippen LogP) is 3.19. The molecule has 3 aromatic carbocycles. The number of esters is 1. The molecule has 2 atom stereocenters. The summed E-state index contributed by atoms with van der Waals surface area (Å²) < 4.78 is 44.1. The second kappa shape index (κ2) is 13.0. The van der Waals surface area contributed by atoms with Crippen molar-refractivity contribution in [3.8, 4) is 0 Å². The standard InChI is InChI=1S/C29H34FN3O6S/c1-20(22-9-11-25(30)12-10-22)32-27(35)23-15-24(17-26(16-23)33(2)40(3,37)38)28(36)39-19-29(31,18-34)14-13-21-7-5-4-6-8-21/h4-12,15-17,20,34H,13-14,18-19,31H2,1-3H3,(H,32,35)/t20-,29?/m1/s1. The van der Waals surface area contributed by atoms with E-state index in [1.54, 1.807) is 6.92 Å². The van der Waals surface area contributed by atoms with Crippen LogP contribution >= 0.6 is 0 Å². The van der Waals surface area contributed by atoms with Crippen LogP contribution in [0, 0.1) is 5.82 Å². The Kier molecular flexibility index (Phi) is 10.0. The van der Waals surface area contributed by atoms with Crippen LogP contribution in [-0.2, 0) is 21.2 Å². The van der Waals surface area contributed by atoms with E-state index in [2.05, 4.69) is 5.32 Å². The Hall–Kier alpha value is -3.80. The molecule has 3 aromatic rings. The number of benzene rings is 3. The summed E-state index contributed by atoms with van der Waals surface area (Å²) in [6.45, 7) is 0.974. The van der Waals surface area contributed by atoms with E-state index in [0.29, 0.717) is 18.4 Å². The summed E-state index contributed by atoms with van der Waals surface area (Å²) in [7, 11) is -2.43. The normalized spacial score (nSPS) is 13.7. The smallest absolute Gasteiger partial charge is 0.338 e. The number of hydrogen-bond acceptors (Lipinski definition) is 7. The van der Waals surface area contributed by atoms with Gasteiger partial charge in [-0.25, -0.2) is 17.6 Å². The van der Waals surface area contributed by atoms with Gasteiger partial charge >= 0.3 is 5.97 Å². The maximum Gasteiger partial charge on any atom is 0.338 e. The molecule has 9 nitrogen and oxygen atoms in total. The number of sulfonamides is 1. The van der Waals surface area contributed by atoms with E-state index in [9.17, 15) is 27.5 Å². The van der Waals surface area contributed by atoms with Crippen molar-refractivity contribution >= 4 is 27.6 Å². The van der Waals surface area contributed by atoms with Crippen molar-refractivity contribution in [2.75, 3.05) is 30.8 Å². The summed E-state index contributed by atoms with van der Waals surface area (Å²) in [4.78, 5) is 26.2. The molecule has 0 aliphatic heterocycles. The molecule has 0 saturated carbocycles. The second-order valence-electron chi connectivity index (χ2n) is 9.83. The quantitative estimate of drug-likeness (QED) is 0.284. The van der Waals surface area contributed by atoms with Crippen LogP contribution in [0.3, 0.4) is 0 Å². The largest absolute Gasteiger partial charge is 0.460 e. The fourth-order valence-corrected chi connectivity index (χ4v) is 4.36. The third-order valence-corrected chi connectivity index (χ3v) is 7.76. The first-order valence-corrected chi connectivity index (χ1v) is 14.4. The number of amides is 1. The van der Waals surface area contributed by atoms with Gasteiger partial charge in [-0.1, -0.05) is 42.5 Å². The molecule has 3 rings (SSSR count). The molecule has 0 spiro atoms. The van der Waals surface area contributed by atoms with Crippen molar-refractivity contribution in [3.63, 3.8) is 0 Å². The Labute approximate surface area is 233 Å². The van der Waals surface area contributed by atoms with E-state index in [0.717, 1.165) is 16.1 Å². The van der Waals surface area contributed by atoms with Gasteiger partial charge in [0.15, 0.2) is 0 Å². The summed E-state index contributed by atoms with van der Waals surface area (Å²) in [5.74, 6) is -1.84. The number of aliphatic hydroxyl groups excluding tert-OH is 1. The van der Waals surface area contributed by atoms with Gasteiger partial charge in [-0.3, -0.25) is 9.10 Å². The highest BCUT2D eigenvalue weighted by Gasteiger charge is 2.27. The highest BCUT2D eigenvalue weighted by molar-refractivity contribution is 7.92. The summed E-state index contributed by atoms with van der Waals surface area (Å²) in [6.07, 6.45) is 1.89. The molecule has 1 unspecified atom stereocenters.